The highest BCUT2D eigenvalue weighted by atomic mass is 32.2. The highest BCUT2D eigenvalue weighted by molar-refractivity contribution is 7.89. The Kier molecular flexibility index (Phi) is 5.11. The van der Waals surface area contributed by atoms with Crippen molar-refractivity contribution in [2.75, 3.05) is 6.54 Å². The number of nitrogens with one attached hydrogen (secondary N) is 1. The van der Waals surface area contributed by atoms with E-state index >= 15 is 0 Å². The van der Waals surface area contributed by atoms with E-state index < -0.39 is 27.4 Å². The molecule has 0 aromatic heterocycles. The van der Waals surface area contributed by atoms with Crippen LogP contribution in [0.5, 0.6) is 0 Å². The number of benzene rings is 1. The van der Waals surface area contributed by atoms with Crippen LogP contribution in [0.2, 0.25) is 0 Å². The van der Waals surface area contributed by atoms with Crippen molar-refractivity contribution in [1.82, 2.24) is 4.72 Å². The molecule has 2 N–H and O–H groups in total. The number of sulfonamides is 1. The fourth-order valence-electron chi connectivity index (χ4n) is 1.55. The fraction of sp³-hybridized carbons (Fsp3) is 0.500. The standard InChI is InChI=1S/C14H20FNO4S/c1-5-14(3,4)8-16-21(19,20)10-6-9(2)12(15)11(7-10)13(17)18/h6-7,16H,5,8H2,1-4H3,(H,17,18). The second-order valence-electron chi connectivity index (χ2n) is 5.75. The zero-order valence-electron chi connectivity index (χ0n) is 12.5. The van der Waals surface area contributed by atoms with Gasteiger partial charge in [0, 0.05) is 6.54 Å². The molecule has 0 aliphatic heterocycles. The SMILES string of the molecule is CCC(C)(C)CNS(=O)(=O)c1cc(C)c(F)c(C(=O)O)c1. The maximum atomic E-state index is 13.7. The molecule has 5 nitrogen and oxygen atoms in total. The van der Waals surface area contributed by atoms with Crippen LogP contribution in [0.3, 0.4) is 0 Å². The lowest BCUT2D eigenvalue weighted by atomic mass is 9.91. The number of hydrogen-bond acceptors (Lipinski definition) is 3. The van der Waals surface area contributed by atoms with E-state index in [4.69, 9.17) is 5.11 Å². The van der Waals surface area contributed by atoms with Crippen LogP contribution in [0.4, 0.5) is 4.39 Å². The van der Waals surface area contributed by atoms with E-state index in [0.717, 1.165) is 18.6 Å². The van der Waals surface area contributed by atoms with E-state index in [1.54, 1.807) is 0 Å². The molecule has 118 valence electrons. The summed E-state index contributed by atoms with van der Waals surface area (Å²) in [5.41, 5.74) is -0.896. The zero-order chi connectivity index (χ0) is 16.4. The van der Waals surface area contributed by atoms with Crippen molar-refractivity contribution in [3.05, 3.63) is 29.1 Å². The summed E-state index contributed by atoms with van der Waals surface area (Å²) in [6, 6.07) is 1.97. The summed E-state index contributed by atoms with van der Waals surface area (Å²) >= 11 is 0. The third kappa shape index (κ3) is 4.25. The Balaban J connectivity index is 3.18. The van der Waals surface area contributed by atoms with Crippen LogP contribution in [-0.2, 0) is 10.0 Å². The topological polar surface area (TPSA) is 83.5 Å². The second-order valence-corrected chi connectivity index (χ2v) is 7.52. The smallest absolute Gasteiger partial charge is 0.338 e. The molecule has 21 heavy (non-hydrogen) atoms. The van der Waals surface area contributed by atoms with Crippen molar-refractivity contribution >= 4 is 16.0 Å². The third-order valence-electron chi connectivity index (χ3n) is 3.47. The lowest BCUT2D eigenvalue weighted by Gasteiger charge is -2.22. The molecule has 0 fully saturated rings. The van der Waals surface area contributed by atoms with Crippen LogP contribution in [0.25, 0.3) is 0 Å². The minimum absolute atomic E-state index is 0.0231. The molecule has 1 rings (SSSR count). The molecular weight excluding hydrogens is 297 g/mol. The molecule has 7 heteroatoms. The number of carboxylic acids is 1. The molecule has 0 aliphatic carbocycles. The van der Waals surface area contributed by atoms with E-state index in [2.05, 4.69) is 4.72 Å². The van der Waals surface area contributed by atoms with Gasteiger partial charge in [0.1, 0.15) is 5.82 Å². The Bertz CT molecular complexity index is 653. The van der Waals surface area contributed by atoms with Gasteiger partial charge < -0.3 is 5.11 Å². The third-order valence-corrected chi connectivity index (χ3v) is 4.85. The Hall–Kier alpha value is -1.47. The van der Waals surface area contributed by atoms with E-state index in [0.29, 0.717) is 0 Å². The van der Waals surface area contributed by atoms with Crippen molar-refractivity contribution in [3.8, 4) is 0 Å². The first-order chi connectivity index (χ1) is 9.50. The van der Waals surface area contributed by atoms with Gasteiger partial charge in [-0.2, -0.15) is 0 Å². The van der Waals surface area contributed by atoms with Gasteiger partial charge in [-0.15, -0.1) is 0 Å². The van der Waals surface area contributed by atoms with Gasteiger partial charge >= 0.3 is 5.97 Å². The van der Waals surface area contributed by atoms with Crippen LogP contribution < -0.4 is 4.72 Å². The Morgan fingerprint density at radius 2 is 1.95 bits per heavy atom. The monoisotopic (exact) mass is 317 g/mol. The largest absolute Gasteiger partial charge is 0.478 e. The average molecular weight is 317 g/mol. The van der Waals surface area contributed by atoms with Crippen LogP contribution in [-0.4, -0.2) is 26.0 Å². The van der Waals surface area contributed by atoms with Crippen LogP contribution in [0, 0.1) is 18.2 Å². The van der Waals surface area contributed by atoms with Gasteiger partial charge in [-0.05, 0) is 36.5 Å². The number of rotatable bonds is 6. The van der Waals surface area contributed by atoms with E-state index in [9.17, 15) is 17.6 Å². The van der Waals surface area contributed by atoms with Gasteiger partial charge in [-0.3, -0.25) is 0 Å². The normalized spacial score (nSPS) is 12.4. The maximum Gasteiger partial charge on any atom is 0.338 e. The average Bonchev–Trinajstić information content (AvgIpc) is 2.39. The van der Waals surface area contributed by atoms with Crippen LogP contribution >= 0.6 is 0 Å². The first-order valence-electron chi connectivity index (χ1n) is 6.53. The first-order valence-corrected chi connectivity index (χ1v) is 8.01. The minimum atomic E-state index is -3.88. The summed E-state index contributed by atoms with van der Waals surface area (Å²) in [5.74, 6) is -2.42. The van der Waals surface area contributed by atoms with Gasteiger partial charge in [0.05, 0.1) is 10.5 Å². The summed E-state index contributed by atoms with van der Waals surface area (Å²) in [4.78, 5) is 10.7. The Labute approximate surface area is 124 Å². The molecule has 0 spiro atoms. The molecule has 0 aliphatic rings. The van der Waals surface area contributed by atoms with Crippen molar-refractivity contribution < 1.29 is 22.7 Å². The molecule has 1 aromatic rings. The predicted octanol–water partition coefficient (Wildman–Crippen LogP) is 2.55. The molecule has 0 amide bonds. The molecule has 0 atom stereocenters. The molecule has 0 unspecified atom stereocenters. The van der Waals surface area contributed by atoms with Crippen molar-refractivity contribution in [2.45, 2.75) is 39.0 Å². The Morgan fingerprint density at radius 1 is 1.38 bits per heavy atom. The van der Waals surface area contributed by atoms with E-state index in [1.165, 1.54) is 6.92 Å². The number of aromatic carboxylic acids is 1. The number of aryl methyl sites for hydroxylation is 1. The Morgan fingerprint density at radius 3 is 2.43 bits per heavy atom. The van der Waals surface area contributed by atoms with Crippen LogP contribution in [0.15, 0.2) is 17.0 Å². The molecule has 0 saturated carbocycles. The minimum Gasteiger partial charge on any atom is -0.478 e. The van der Waals surface area contributed by atoms with E-state index in [1.807, 2.05) is 20.8 Å². The molecule has 0 radical (unpaired) electrons. The molecular formula is C14H20FNO4S. The van der Waals surface area contributed by atoms with Gasteiger partial charge in [-0.25, -0.2) is 22.3 Å². The van der Waals surface area contributed by atoms with Crippen molar-refractivity contribution in [3.63, 3.8) is 0 Å². The second kappa shape index (κ2) is 6.11. The number of carboxylic acid groups (broad SMARTS) is 1. The summed E-state index contributed by atoms with van der Waals surface area (Å²) in [7, 11) is -3.88. The van der Waals surface area contributed by atoms with Gasteiger partial charge in [0.2, 0.25) is 10.0 Å². The molecule has 0 bridgehead atoms. The highest BCUT2D eigenvalue weighted by Crippen LogP contribution is 2.22. The van der Waals surface area contributed by atoms with Crippen LogP contribution in [0.1, 0.15) is 43.1 Å². The van der Waals surface area contributed by atoms with Crippen molar-refractivity contribution in [2.24, 2.45) is 5.41 Å². The summed E-state index contributed by atoms with van der Waals surface area (Å²) in [6.45, 7) is 7.31. The lowest BCUT2D eigenvalue weighted by molar-refractivity contribution is 0.0691. The lowest BCUT2D eigenvalue weighted by Crippen LogP contribution is -2.33. The fourth-order valence-corrected chi connectivity index (χ4v) is 2.90. The van der Waals surface area contributed by atoms with E-state index in [-0.39, 0.29) is 22.4 Å². The summed E-state index contributed by atoms with van der Waals surface area (Å²) < 4.78 is 40.5. The molecule has 0 heterocycles. The van der Waals surface area contributed by atoms with Gasteiger partial charge in [0.25, 0.3) is 0 Å². The summed E-state index contributed by atoms with van der Waals surface area (Å²) in [6.07, 6.45) is 0.776. The van der Waals surface area contributed by atoms with Crippen molar-refractivity contribution in [1.29, 1.82) is 0 Å². The number of carbonyl (C=O) groups is 1. The highest BCUT2D eigenvalue weighted by Gasteiger charge is 2.24. The predicted molar refractivity (Wildman–Crippen MR) is 77.4 cm³/mol. The van der Waals surface area contributed by atoms with Gasteiger partial charge in [0.15, 0.2) is 0 Å². The zero-order valence-corrected chi connectivity index (χ0v) is 13.3. The van der Waals surface area contributed by atoms with Gasteiger partial charge in [-0.1, -0.05) is 20.8 Å². The maximum absolute atomic E-state index is 13.7. The summed E-state index contributed by atoms with van der Waals surface area (Å²) in [5, 5.41) is 8.92. The number of halogens is 1. The first kappa shape index (κ1) is 17.6. The quantitative estimate of drug-likeness (QED) is 0.844. The molecule has 0 saturated heterocycles. The number of hydrogen-bond donors (Lipinski definition) is 2. The molecule has 1 aromatic carbocycles.